The summed E-state index contributed by atoms with van der Waals surface area (Å²) < 4.78 is 33.6. The van der Waals surface area contributed by atoms with E-state index in [-0.39, 0.29) is 22.9 Å². The number of morpholine rings is 1. The van der Waals surface area contributed by atoms with E-state index >= 15 is 0 Å². The average Bonchev–Trinajstić information content (AvgIpc) is 3.50. The maximum absolute atomic E-state index is 13.3. The van der Waals surface area contributed by atoms with E-state index in [0.717, 1.165) is 5.56 Å². The van der Waals surface area contributed by atoms with E-state index in [0.29, 0.717) is 53.5 Å². The number of benzene rings is 2. The number of hydrogen-bond acceptors (Lipinski definition) is 7. The van der Waals surface area contributed by atoms with Gasteiger partial charge in [-0.05, 0) is 48.4 Å². The fourth-order valence-corrected chi connectivity index (χ4v) is 6.47. The van der Waals surface area contributed by atoms with Crippen LogP contribution in [0.1, 0.15) is 18.1 Å². The number of nitrogens with one attached hydrogen (secondary N) is 1. The first kappa shape index (κ1) is 24.5. The summed E-state index contributed by atoms with van der Waals surface area (Å²) in [6, 6.07) is 11.5. The van der Waals surface area contributed by atoms with E-state index in [1.54, 1.807) is 34.5 Å². The number of carbonyl (C=O) groups excluding carboxylic acids is 1. The second-order valence-corrected chi connectivity index (χ2v) is 11.7. The van der Waals surface area contributed by atoms with E-state index < -0.39 is 10.0 Å². The lowest BCUT2D eigenvalue weighted by atomic mass is 10.1. The van der Waals surface area contributed by atoms with Gasteiger partial charge in [-0.1, -0.05) is 29.3 Å². The molecule has 35 heavy (non-hydrogen) atoms. The van der Waals surface area contributed by atoms with Crippen LogP contribution >= 0.6 is 34.5 Å². The van der Waals surface area contributed by atoms with Gasteiger partial charge in [-0.25, -0.2) is 13.4 Å². The lowest BCUT2D eigenvalue weighted by Crippen LogP contribution is -2.48. The minimum absolute atomic E-state index is 0.00342. The highest BCUT2D eigenvalue weighted by Gasteiger charge is 2.39. The topological polar surface area (TPSA) is 91.8 Å². The Hall–Kier alpha value is -2.21. The molecule has 2 fully saturated rings. The van der Waals surface area contributed by atoms with Gasteiger partial charge >= 0.3 is 0 Å². The molecule has 2 aliphatic rings. The highest BCUT2D eigenvalue weighted by molar-refractivity contribution is 7.93. The van der Waals surface area contributed by atoms with Crippen molar-refractivity contribution in [3.63, 3.8) is 0 Å². The Bertz CT molecular complexity index is 1320. The van der Waals surface area contributed by atoms with Crippen LogP contribution in [0.5, 0.6) is 0 Å². The number of anilines is 2. The molecule has 1 N–H and O–H groups in total. The zero-order chi connectivity index (χ0) is 24.6. The molecule has 0 saturated carbocycles. The minimum atomic E-state index is -3.75. The molecule has 3 aromatic rings. The maximum Gasteiger partial charge on any atom is 0.263 e. The van der Waals surface area contributed by atoms with Crippen LogP contribution in [0, 0.1) is 0 Å². The SMILES string of the molecule is O=C1C(N2CCOC(c3ccc(Cl)c(Cl)c3)C2)CCN1c1ccc(S(=O)(=O)Nc2nccs2)cc1. The molecule has 0 bridgehead atoms. The molecule has 3 heterocycles. The molecule has 12 heteroatoms. The van der Waals surface area contributed by atoms with Crippen LogP contribution in [-0.4, -0.2) is 56.5 Å². The Morgan fingerprint density at radius 3 is 2.60 bits per heavy atom. The number of carbonyl (C=O) groups is 1. The van der Waals surface area contributed by atoms with E-state index in [4.69, 9.17) is 27.9 Å². The van der Waals surface area contributed by atoms with Gasteiger partial charge in [-0.2, -0.15) is 0 Å². The molecule has 2 saturated heterocycles. The third-order valence-electron chi connectivity index (χ3n) is 6.14. The molecule has 1 amide bonds. The summed E-state index contributed by atoms with van der Waals surface area (Å²) in [7, 11) is -3.75. The summed E-state index contributed by atoms with van der Waals surface area (Å²) in [5, 5.41) is 2.96. The van der Waals surface area contributed by atoms with Gasteiger partial charge in [0.2, 0.25) is 5.91 Å². The quantitative estimate of drug-likeness (QED) is 0.486. The second kappa shape index (κ2) is 10.0. The number of sulfonamides is 1. The molecule has 0 spiro atoms. The fraction of sp³-hybridized carbons (Fsp3) is 0.304. The number of halogens is 2. The van der Waals surface area contributed by atoms with Gasteiger partial charge < -0.3 is 9.64 Å². The third kappa shape index (κ3) is 5.18. The number of nitrogens with zero attached hydrogens (tertiary/aromatic N) is 3. The summed E-state index contributed by atoms with van der Waals surface area (Å²) >= 11 is 13.4. The molecular weight excluding hydrogens is 531 g/mol. The van der Waals surface area contributed by atoms with Gasteiger partial charge in [0.05, 0.1) is 33.7 Å². The highest BCUT2D eigenvalue weighted by atomic mass is 35.5. The Balaban J connectivity index is 1.26. The summed E-state index contributed by atoms with van der Waals surface area (Å²) in [6.45, 7) is 2.29. The van der Waals surface area contributed by atoms with E-state index in [1.165, 1.54) is 29.7 Å². The van der Waals surface area contributed by atoms with Crippen molar-refractivity contribution in [1.29, 1.82) is 0 Å². The average molecular weight is 553 g/mol. The third-order valence-corrected chi connectivity index (χ3v) is 9.06. The van der Waals surface area contributed by atoms with E-state index in [2.05, 4.69) is 14.6 Å². The van der Waals surface area contributed by atoms with Crippen molar-refractivity contribution in [2.24, 2.45) is 0 Å². The zero-order valence-corrected chi connectivity index (χ0v) is 21.6. The second-order valence-electron chi connectivity index (χ2n) is 8.26. The number of aromatic nitrogens is 1. The molecule has 2 aromatic carbocycles. The van der Waals surface area contributed by atoms with E-state index in [1.807, 2.05) is 6.07 Å². The molecule has 0 radical (unpaired) electrons. The smallest absolute Gasteiger partial charge is 0.263 e. The van der Waals surface area contributed by atoms with Crippen LogP contribution in [-0.2, 0) is 19.6 Å². The van der Waals surface area contributed by atoms with Crippen LogP contribution in [0.4, 0.5) is 10.8 Å². The Morgan fingerprint density at radius 1 is 1.09 bits per heavy atom. The molecule has 2 unspecified atom stereocenters. The largest absolute Gasteiger partial charge is 0.371 e. The fourth-order valence-electron chi connectivity index (χ4n) is 4.38. The first-order valence-corrected chi connectivity index (χ1v) is 14.1. The molecule has 8 nitrogen and oxygen atoms in total. The van der Waals surface area contributed by atoms with Crippen molar-refractivity contribution in [3.05, 3.63) is 69.7 Å². The lowest BCUT2D eigenvalue weighted by Gasteiger charge is -2.36. The van der Waals surface area contributed by atoms with Crippen molar-refractivity contribution >= 4 is 61.3 Å². The van der Waals surface area contributed by atoms with Crippen molar-refractivity contribution in [2.45, 2.75) is 23.5 Å². The minimum Gasteiger partial charge on any atom is -0.371 e. The van der Waals surface area contributed by atoms with Gasteiger partial charge in [0.15, 0.2) is 5.13 Å². The molecule has 1 aromatic heterocycles. The summed E-state index contributed by atoms with van der Waals surface area (Å²) in [6.07, 6.45) is 2.01. The summed E-state index contributed by atoms with van der Waals surface area (Å²) in [4.78, 5) is 21.2. The standard InChI is InChI=1S/C23H22Cl2N4O4S2/c24-18-6-1-15(13-19(18)25)21-14-28(10-11-33-21)20-7-9-29(22(20)30)16-2-4-17(5-3-16)35(31,32)27-23-26-8-12-34-23/h1-6,8,12-13,20-21H,7,9-11,14H2,(H,26,27). The van der Waals surface area contributed by atoms with Gasteiger partial charge in [0, 0.05) is 36.9 Å². The monoisotopic (exact) mass is 552 g/mol. The molecule has 2 atom stereocenters. The zero-order valence-electron chi connectivity index (χ0n) is 18.4. The van der Waals surface area contributed by atoms with E-state index in [9.17, 15) is 13.2 Å². The first-order valence-electron chi connectivity index (χ1n) is 11.0. The lowest BCUT2D eigenvalue weighted by molar-refractivity contribution is -0.125. The predicted octanol–water partition coefficient (Wildman–Crippen LogP) is 4.43. The molecule has 2 aliphatic heterocycles. The highest BCUT2D eigenvalue weighted by Crippen LogP contribution is 2.32. The van der Waals surface area contributed by atoms with Crippen LogP contribution in [0.25, 0.3) is 0 Å². The Labute approximate surface area is 217 Å². The van der Waals surface area contributed by atoms with Gasteiger partial charge in [-0.15, -0.1) is 11.3 Å². The van der Waals surface area contributed by atoms with Crippen LogP contribution in [0.15, 0.2) is 58.9 Å². The number of rotatable bonds is 6. The number of thiazole rings is 1. The van der Waals surface area contributed by atoms with Crippen LogP contribution < -0.4 is 9.62 Å². The predicted molar refractivity (Wildman–Crippen MR) is 137 cm³/mol. The number of amides is 1. The normalized spacial score (nSPS) is 21.4. The van der Waals surface area contributed by atoms with Crippen molar-refractivity contribution in [3.8, 4) is 0 Å². The Morgan fingerprint density at radius 2 is 1.89 bits per heavy atom. The molecular formula is C23H22Cl2N4O4S2. The Kier molecular flexibility index (Phi) is 7.02. The molecule has 5 rings (SSSR count). The van der Waals surface area contributed by atoms with Crippen LogP contribution in [0.2, 0.25) is 10.0 Å². The number of hydrogen-bond donors (Lipinski definition) is 1. The van der Waals surface area contributed by atoms with Gasteiger partial charge in [-0.3, -0.25) is 14.4 Å². The van der Waals surface area contributed by atoms with Crippen molar-refractivity contribution in [1.82, 2.24) is 9.88 Å². The first-order chi connectivity index (χ1) is 16.8. The van der Waals surface area contributed by atoms with Gasteiger partial charge in [0.1, 0.15) is 0 Å². The summed E-state index contributed by atoms with van der Waals surface area (Å²) in [5.74, 6) is -0.00342. The molecule has 184 valence electrons. The number of ether oxygens (including phenoxy) is 1. The molecule has 0 aliphatic carbocycles. The van der Waals surface area contributed by atoms with Crippen LogP contribution in [0.3, 0.4) is 0 Å². The summed E-state index contributed by atoms with van der Waals surface area (Å²) in [5.41, 5.74) is 1.59. The van der Waals surface area contributed by atoms with Crippen molar-refractivity contribution < 1.29 is 17.9 Å². The van der Waals surface area contributed by atoms with Gasteiger partial charge in [0.25, 0.3) is 10.0 Å². The maximum atomic E-state index is 13.3. The van der Waals surface area contributed by atoms with Crippen molar-refractivity contribution in [2.75, 3.05) is 35.9 Å².